The zero-order chi connectivity index (χ0) is 32.3. The lowest BCUT2D eigenvalue weighted by Crippen LogP contribution is -2.56. The number of carbonyl (C=O) groups is 1. The molecule has 0 aromatic heterocycles. The maximum absolute atomic E-state index is 13.6. The molecule has 0 aliphatic carbocycles. The van der Waals surface area contributed by atoms with Gasteiger partial charge in [0.1, 0.15) is 0 Å². The number of benzene rings is 2. The van der Waals surface area contributed by atoms with E-state index >= 15 is 0 Å². The fraction of sp³-hybridized carbons (Fsp3) is 0.500. The molecule has 0 heterocycles. The molecule has 10 nitrogen and oxygen atoms in total. The average Bonchev–Trinajstić information content (AvgIpc) is 2.90. The highest BCUT2D eigenvalue weighted by atomic mass is 32.2. The second-order valence-electron chi connectivity index (χ2n) is 10.3. The third-order valence-electron chi connectivity index (χ3n) is 5.63. The SMILES string of the molecule is [2H]c1c([2H])c([2H])c(C[C@H](NC(=O)[C@@H](N)C(C)(C)C)[C@H](O)CN(CC(C)C)S(=O)(=O)c2ccc([N+](=O)[O-])cc2)c([2H])c1[2H]. The minimum Gasteiger partial charge on any atom is -0.390 e. The van der Waals surface area contributed by atoms with Crippen molar-refractivity contribution in [2.24, 2.45) is 17.1 Å². The maximum atomic E-state index is 13.6. The number of nitrogens with zero attached hydrogens (tertiary/aromatic N) is 2. The molecule has 37 heavy (non-hydrogen) atoms. The van der Waals surface area contributed by atoms with Crippen molar-refractivity contribution in [2.75, 3.05) is 13.1 Å². The third kappa shape index (κ3) is 8.60. The maximum Gasteiger partial charge on any atom is 0.269 e. The summed E-state index contributed by atoms with van der Waals surface area (Å²) in [6, 6.07) is -0.948. The number of hydrogen-bond donors (Lipinski definition) is 3. The topological polar surface area (TPSA) is 156 Å². The van der Waals surface area contributed by atoms with Gasteiger partial charge in [-0.25, -0.2) is 8.42 Å². The fourth-order valence-corrected chi connectivity index (χ4v) is 5.07. The van der Waals surface area contributed by atoms with E-state index in [1.165, 1.54) is 0 Å². The summed E-state index contributed by atoms with van der Waals surface area (Å²) in [4.78, 5) is 23.2. The zero-order valence-electron chi connectivity index (χ0n) is 26.6. The predicted octanol–water partition coefficient (Wildman–Crippen LogP) is 2.70. The van der Waals surface area contributed by atoms with Crippen LogP contribution in [0.15, 0.2) is 59.4 Å². The molecule has 0 saturated carbocycles. The molecule has 0 fully saturated rings. The highest BCUT2D eigenvalue weighted by Crippen LogP contribution is 2.22. The van der Waals surface area contributed by atoms with E-state index in [0.29, 0.717) is 0 Å². The Hall–Kier alpha value is -2.86. The molecule has 204 valence electrons. The number of aliphatic hydroxyl groups excluding tert-OH is 1. The molecule has 11 heteroatoms. The largest absolute Gasteiger partial charge is 0.390 e. The summed E-state index contributed by atoms with van der Waals surface area (Å²) in [7, 11) is -4.29. The van der Waals surface area contributed by atoms with Crippen LogP contribution in [0, 0.1) is 21.4 Å². The Morgan fingerprint density at radius 2 is 1.73 bits per heavy atom. The molecule has 0 radical (unpaired) electrons. The average molecular weight is 540 g/mol. The van der Waals surface area contributed by atoms with Crippen molar-refractivity contribution in [3.8, 4) is 0 Å². The van der Waals surface area contributed by atoms with E-state index in [0.717, 1.165) is 28.6 Å². The summed E-state index contributed by atoms with van der Waals surface area (Å²) < 4.78 is 68.5. The number of nitro benzene ring substituents is 1. The van der Waals surface area contributed by atoms with Crippen LogP contribution in [0.3, 0.4) is 0 Å². The predicted molar refractivity (Wildman–Crippen MR) is 142 cm³/mol. The van der Waals surface area contributed by atoms with Crippen molar-refractivity contribution in [1.29, 1.82) is 0 Å². The van der Waals surface area contributed by atoms with Crippen molar-refractivity contribution >= 4 is 21.6 Å². The molecular weight excluding hydrogens is 496 g/mol. The van der Waals surface area contributed by atoms with E-state index < -0.39 is 87.6 Å². The van der Waals surface area contributed by atoms with Crippen LogP contribution in [0.5, 0.6) is 0 Å². The van der Waals surface area contributed by atoms with E-state index in [2.05, 4.69) is 5.32 Å². The van der Waals surface area contributed by atoms with Gasteiger partial charge >= 0.3 is 0 Å². The van der Waals surface area contributed by atoms with Crippen molar-refractivity contribution in [1.82, 2.24) is 9.62 Å². The van der Waals surface area contributed by atoms with Crippen molar-refractivity contribution in [2.45, 2.75) is 64.1 Å². The molecule has 2 aromatic rings. The Bertz CT molecular complexity index is 1390. The molecule has 2 aromatic carbocycles. The standard InChI is InChI=1S/C26H38N4O6S/c1-18(2)16-29(37(35,36)21-13-11-20(12-14-21)30(33)34)17-23(31)22(15-19-9-7-6-8-10-19)28-25(32)24(27)26(3,4)5/h6-14,18,22-24,31H,15-17,27H2,1-5H3,(H,28,32)/t22-,23+,24+/m0/s1/i6D,7D,8D,9D,10D. The Balaban J connectivity index is 2.55. The van der Waals surface area contributed by atoms with E-state index in [9.17, 15) is 28.4 Å². The number of amides is 1. The van der Waals surface area contributed by atoms with E-state index in [1.54, 1.807) is 34.6 Å². The number of nitrogens with one attached hydrogen (secondary N) is 1. The van der Waals surface area contributed by atoms with Crippen molar-refractivity contribution < 1.29 is 30.1 Å². The van der Waals surface area contributed by atoms with Crippen LogP contribution in [-0.4, -0.2) is 59.9 Å². The number of carbonyl (C=O) groups excluding carboxylic acids is 1. The first-order chi connectivity index (χ1) is 19.2. The normalized spacial score (nSPS) is 16.7. The summed E-state index contributed by atoms with van der Waals surface area (Å²) >= 11 is 0. The summed E-state index contributed by atoms with van der Waals surface area (Å²) in [5.41, 5.74) is 4.93. The summed E-state index contributed by atoms with van der Waals surface area (Å²) in [6.45, 7) is 8.05. The first-order valence-corrected chi connectivity index (χ1v) is 13.2. The molecule has 0 saturated heterocycles. The number of sulfonamides is 1. The van der Waals surface area contributed by atoms with Gasteiger partial charge in [0.25, 0.3) is 5.69 Å². The van der Waals surface area contributed by atoms with Crippen LogP contribution in [-0.2, 0) is 21.2 Å². The molecular formula is C26H38N4O6S. The molecule has 0 spiro atoms. The number of nitrogens with two attached hydrogens (primary N) is 1. The lowest BCUT2D eigenvalue weighted by Gasteiger charge is -2.33. The second kappa shape index (κ2) is 12.6. The molecule has 0 unspecified atom stereocenters. The van der Waals surface area contributed by atoms with Crippen LogP contribution in [0.25, 0.3) is 0 Å². The van der Waals surface area contributed by atoms with Gasteiger partial charge in [-0.05, 0) is 35.4 Å². The first-order valence-electron chi connectivity index (χ1n) is 14.2. The molecule has 0 aliphatic heterocycles. The van der Waals surface area contributed by atoms with Crippen LogP contribution in [0.4, 0.5) is 5.69 Å². The van der Waals surface area contributed by atoms with Gasteiger partial charge < -0.3 is 16.2 Å². The minimum absolute atomic E-state index is 0.0623. The van der Waals surface area contributed by atoms with Crippen molar-refractivity contribution in [3.05, 3.63) is 70.2 Å². The Labute approximate surface area is 226 Å². The van der Waals surface area contributed by atoms with Crippen molar-refractivity contribution in [3.63, 3.8) is 0 Å². The van der Waals surface area contributed by atoms with E-state index in [4.69, 9.17) is 12.6 Å². The van der Waals surface area contributed by atoms with Crippen LogP contribution in [0.1, 0.15) is 47.0 Å². The summed E-state index contributed by atoms with van der Waals surface area (Å²) in [5.74, 6) is -0.902. The quantitative estimate of drug-likeness (QED) is 0.276. The molecule has 3 atom stereocenters. The molecule has 0 aliphatic rings. The number of rotatable bonds is 12. The zero-order valence-corrected chi connectivity index (χ0v) is 22.4. The van der Waals surface area contributed by atoms with E-state index in [1.807, 2.05) is 0 Å². The van der Waals surface area contributed by atoms with Gasteiger partial charge in [0, 0.05) is 25.2 Å². The molecule has 0 bridgehead atoms. The number of non-ortho nitro benzene ring substituents is 1. The summed E-state index contributed by atoms with van der Waals surface area (Å²) in [5, 5.41) is 25.0. The highest BCUT2D eigenvalue weighted by molar-refractivity contribution is 7.89. The van der Waals surface area contributed by atoms with E-state index in [-0.39, 0.29) is 28.6 Å². The lowest BCUT2D eigenvalue weighted by molar-refractivity contribution is -0.384. The van der Waals surface area contributed by atoms with Crippen LogP contribution >= 0.6 is 0 Å². The lowest BCUT2D eigenvalue weighted by atomic mass is 9.86. The van der Waals surface area contributed by atoms with Gasteiger partial charge in [0.05, 0.1) is 34.9 Å². The third-order valence-corrected chi connectivity index (χ3v) is 7.47. The Morgan fingerprint density at radius 1 is 1.16 bits per heavy atom. The van der Waals surface area contributed by atoms with Gasteiger partial charge in [0.15, 0.2) is 0 Å². The smallest absolute Gasteiger partial charge is 0.269 e. The van der Waals surface area contributed by atoms with Gasteiger partial charge in [0.2, 0.25) is 15.9 Å². The Morgan fingerprint density at radius 3 is 2.22 bits per heavy atom. The van der Waals surface area contributed by atoms with Gasteiger partial charge in [-0.15, -0.1) is 0 Å². The molecule has 1 amide bonds. The summed E-state index contributed by atoms with van der Waals surface area (Å²) in [6.07, 6.45) is -2.04. The van der Waals surface area contributed by atoms with Gasteiger partial charge in [-0.2, -0.15) is 4.31 Å². The number of aliphatic hydroxyl groups is 1. The van der Waals surface area contributed by atoms with Gasteiger partial charge in [-0.3, -0.25) is 14.9 Å². The van der Waals surface area contributed by atoms with Crippen LogP contribution < -0.4 is 11.1 Å². The van der Waals surface area contributed by atoms with Gasteiger partial charge in [-0.1, -0.05) is 64.8 Å². The fourth-order valence-electron chi connectivity index (χ4n) is 3.45. The second-order valence-corrected chi connectivity index (χ2v) is 12.2. The monoisotopic (exact) mass is 539 g/mol. The van der Waals surface area contributed by atoms with Crippen LogP contribution in [0.2, 0.25) is 0 Å². The number of hydrogen-bond acceptors (Lipinski definition) is 7. The molecule has 4 N–H and O–H groups in total. The minimum atomic E-state index is -4.29. The Kier molecular flexibility index (Phi) is 7.92. The first kappa shape index (κ1) is 23.3. The highest BCUT2D eigenvalue weighted by Gasteiger charge is 2.34. The molecule has 2 rings (SSSR count). The number of nitro groups is 1.